The van der Waals surface area contributed by atoms with E-state index in [0.717, 1.165) is 25.8 Å². The van der Waals surface area contributed by atoms with Gasteiger partial charge in [0.1, 0.15) is 6.10 Å². The van der Waals surface area contributed by atoms with Crippen LogP contribution in [0.5, 0.6) is 0 Å². The van der Waals surface area contributed by atoms with Crippen LogP contribution in [0.25, 0.3) is 0 Å². The summed E-state index contributed by atoms with van der Waals surface area (Å²) in [6.07, 6.45) is 2.68. The number of halogens is 1. The van der Waals surface area contributed by atoms with Crippen molar-refractivity contribution in [2.24, 2.45) is 5.92 Å². The Morgan fingerprint density at radius 1 is 1.42 bits per heavy atom. The summed E-state index contributed by atoms with van der Waals surface area (Å²) in [7, 11) is 0. The van der Waals surface area contributed by atoms with Gasteiger partial charge in [0, 0.05) is 18.7 Å². The van der Waals surface area contributed by atoms with Crippen molar-refractivity contribution in [2.75, 3.05) is 13.2 Å². The van der Waals surface area contributed by atoms with Gasteiger partial charge in [0.15, 0.2) is 0 Å². The molecule has 3 atom stereocenters. The average Bonchev–Trinajstić information content (AvgIpc) is 2.28. The molecule has 1 fully saturated rings. The first-order valence-electron chi connectivity index (χ1n) is 7.14. The molecule has 1 saturated heterocycles. The highest BCUT2D eigenvalue weighted by atomic mass is 35.5. The fourth-order valence-corrected chi connectivity index (χ4v) is 2.14. The van der Waals surface area contributed by atoms with Crippen molar-refractivity contribution >= 4 is 18.3 Å². The molecule has 2 N–H and O–H groups in total. The van der Waals surface area contributed by atoms with Gasteiger partial charge in [0.2, 0.25) is 5.91 Å². The molecule has 1 aliphatic heterocycles. The summed E-state index contributed by atoms with van der Waals surface area (Å²) in [5.74, 6) is 0.642. The smallest absolute Gasteiger partial charge is 0.249 e. The molecule has 1 aliphatic rings. The number of nitrogens with one attached hydrogen (secondary N) is 2. The molecule has 0 saturated carbocycles. The lowest BCUT2D eigenvalue weighted by atomic mass is 10.0. The maximum atomic E-state index is 11.9. The minimum Gasteiger partial charge on any atom is -0.369 e. The maximum absolute atomic E-state index is 11.9. The third-order valence-corrected chi connectivity index (χ3v) is 3.40. The summed E-state index contributed by atoms with van der Waals surface area (Å²) in [6, 6.07) is 0.783. The third-order valence-electron chi connectivity index (χ3n) is 3.40. The predicted octanol–water partition coefficient (Wildman–Crippen LogP) is 2.12. The number of piperidine rings is 1. The van der Waals surface area contributed by atoms with Crippen LogP contribution < -0.4 is 10.6 Å². The lowest BCUT2D eigenvalue weighted by Gasteiger charge is -2.29. The van der Waals surface area contributed by atoms with E-state index >= 15 is 0 Å². The first-order valence-corrected chi connectivity index (χ1v) is 7.14. The van der Waals surface area contributed by atoms with E-state index in [0.29, 0.717) is 24.6 Å². The van der Waals surface area contributed by atoms with Gasteiger partial charge in [0.05, 0.1) is 0 Å². The van der Waals surface area contributed by atoms with E-state index in [1.165, 1.54) is 0 Å². The van der Waals surface area contributed by atoms with Crippen LogP contribution in [0, 0.1) is 5.92 Å². The minimum absolute atomic E-state index is 0. The molecule has 0 radical (unpaired) electrons. The molecule has 1 rings (SSSR count). The third kappa shape index (κ3) is 7.75. The Morgan fingerprint density at radius 3 is 2.68 bits per heavy atom. The number of rotatable bonds is 6. The van der Waals surface area contributed by atoms with Gasteiger partial charge in [-0.3, -0.25) is 4.79 Å². The molecule has 1 amide bonds. The first-order chi connectivity index (χ1) is 8.49. The highest BCUT2D eigenvalue weighted by molar-refractivity contribution is 5.85. The van der Waals surface area contributed by atoms with Crippen LogP contribution in [0.2, 0.25) is 0 Å². The molecular weight excluding hydrogens is 264 g/mol. The lowest BCUT2D eigenvalue weighted by molar-refractivity contribution is -0.132. The van der Waals surface area contributed by atoms with Gasteiger partial charge in [-0.25, -0.2) is 0 Å². The standard InChI is InChI=1S/C14H28N2O2.ClH/c1-10(2)6-8-18-12(4)14(17)16-13-5-7-15-11(3)9-13;/h10-13,15H,5-9H2,1-4H3,(H,16,17);1H. The van der Waals surface area contributed by atoms with Crippen LogP contribution in [0.15, 0.2) is 0 Å². The van der Waals surface area contributed by atoms with E-state index in [2.05, 4.69) is 31.4 Å². The molecule has 5 heteroatoms. The topological polar surface area (TPSA) is 50.4 Å². The normalized spacial score (nSPS) is 24.7. The van der Waals surface area contributed by atoms with Crippen LogP contribution in [0.3, 0.4) is 0 Å². The SMILES string of the molecule is CC(C)CCOC(C)C(=O)NC1CCNC(C)C1.Cl. The Balaban J connectivity index is 0.00000324. The number of amides is 1. The molecule has 0 aromatic carbocycles. The first kappa shape index (κ1) is 18.7. The largest absolute Gasteiger partial charge is 0.369 e. The van der Waals surface area contributed by atoms with Crippen LogP contribution >= 0.6 is 12.4 Å². The van der Waals surface area contributed by atoms with Gasteiger partial charge in [0.25, 0.3) is 0 Å². The molecule has 4 nitrogen and oxygen atoms in total. The van der Waals surface area contributed by atoms with E-state index in [1.54, 1.807) is 0 Å². The van der Waals surface area contributed by atoms with Gasteiger partial charge in [-0.2, -0.15) is 0 Å². The van der Waals surface area contributed by atoms with Crippen molar-refractivity contribution in [3.05, 3.63) is 0 Å². The maximum Gasteiger partial charge on any atom is 0.249 e. The van der Waals surface area contributed by atoms with Gasteiger partial charge in [-0.15, -0.1) is 12.4 Å². The molecule has 3 unspecified atom stereocenters. The molecule has 0 aromatic rings. The zero-order chi connectivity index (χ0) is 13.5. The van der Waals surface area contributed by atoms with E-state index in [4.69, 9.17) is 4.74 Å². The molecular formula is C14H29ClN2O2. The zero-order valence-corrected chi connectivity index (χ0v) is 13.4. The van der Waals surface area contributed by atoms with Crippen LogP contribution in [0.4, 0.5) is 0 Å². The van der Waals surface area contributed by atoms with Crippen LogP contribution in [-0.4, -0.2) is 37.2 Å². The summed E-state index contributed by atoms with van der Waals surface area (Å²) in [5, 5.41) is 6.46. The van der Waals surface area contributed by atoms with Gasteiger partial charge in [-0.1, -0.05) is 13.8 Å². The number of hydrogen-bond donors (Lipinski definition) is 2. The van der Waals surface area contributed by atoms with Crippen molar-refractivity contribution in [3.63, 3.8) is 0 Å². The second kappa shape index (κ2) is 9.56. The summed E-state index contributed by atoms with van der Waals surface area (Å²) < 4.78 is 5.56. The number of carbonyl (C=O) groups excluding carboxylic acids is 1. The number of ether oxygens (including phenoxy) is 1. The van der Waals surface area contributed by atoms with E-state index in [9.17, 15) is 4.79 Å². The molecule has 0 aromatic heterocycles. The molecule has 0 aliphatic carbocycles. The van der Waals surface area contributed by atoms with Crippen molar-refractivity contribution in [1.29, 1.82) is 0 Å². The average molecular weight is 293 g/mol. The Hall–Kier alpha value is -0.320. The Labute approximate surface area is 123 Å². The summed E-state index contributed by atoms with van der Waals surface area (Å²) in [4.78, 5) is 11.9. The van der Waals surface area contributed by atoms with Crippen molar-refractivity contribution in [3.8, 4) is 0 Å². The fourth-order valence-electron chi connectivity index (χ4n) is 2.14. The fraction of sp³-hybridized carbons (Fsp3) is 0.929. The summed E-state index contributed by atoms with van der Waals surface area (Å²) in [6.45, 7) is 9.94. The molecule has 0 bridgehead atoms. The highest BCUT2D eigenvalue weighted by Gasteiger charge is 2.22. The molecule has 1 heterocycles. The zero-order valence-electron chi connectivity index (χ0n) is 12.6. The van der Waals surface area contributed by atoms with Gasteiger partial charge < -0.3 is 15.4 Å². The summed E-state index contributed by atoms with van der Waals surface area (Å²) in [5.41, 5.74) is 0. The van der Waals surface area contributed by atoms with E-state index in [-0.39, 0.29) is 24.4 Å². The molecule has 0 spiro atoms. The summed E-state index contributed by atoms with van der Waals surface area (Å²) >= 11 is 0. The van der Waals surface area contributed by atoms with Crippen LogP contribution in [-0.2, 0) is 9.53 Å². The van der Waals surface area contributed by atoms with Gasteiger partial charge in [-0.05, 0) is 45.6 Å². The minimum atomic E-state index is -0.339. The van der Waals surface area contributed by atoms with Crippen LogP contribution in [0.1, 0.15) is 47.0 Å². The second-order valence-electron chi connectivity index (χ2n) is 5.78. The van der Waals surface area contributed by atoms with E-state index < -0.39 is 0 Å². The highest BCUT2D eigenvalue weighted by Crippen LogP contribution is 2.09. The molecule has 19 heavy (non-hydrogen) atoms. The Bertz CT molecular complexity index is 262. The quantitative estimate of drug-likeness (QED) is 0.788. The number of carbonyl (C=O) groups is 1. The van der Waals surface area contributed by atoms with E-state index in [1.807, 2.05) is 6.92 Å². The van der Waals surface area contributed by atoms with Crippen molar-refractivity contribution in [1.82, 2.24) is 10.6 Å². The van der Waals surface area contributed by atoms with Crippen molar-refractivity contribution in [2.45, 2.75) is 65.1 Å². The number of hydrogen-bond acceptors (Lipinski definition) is 3. The predicted molar refractivity (Wildman–Crippen MR) is 80.7 cm³/mol. The lowest BCUT2D eigenvalue weighted by Crippen LogP contribution is -2.49. The Kier molecular flexibility index (Phi) is 9.40. The monoisotopic (exact) mass is 292 g/mol. The molecule has 114 valence electrons. The Morgan fingerprint density at radius 2 is 2.11 bits per heavy atom. The van der Waals surface area contributed by atoms with Gasteiger partial charge >= 0.3 is 0 Å². The second-order valence-corrected chi connectivity index (χ2v) is 5.78. The van der Waals surface area contributed by atoms with Crippen molar-refractivity contribution < 1.29 is 9.53 Å².